The van der Waals surface area contributed by atoms with Crippen molar-refractivity contribution in [1.29, 1.82) is 0 Å². The van der Waals surface area contributed by atoms with Crippen LogP contribution in [0.15, 0.2) is 0 Å². The predicted molar refractivity (Wildman–Crippen MR) is 65.9 cm³/mol. The maximum Gasteiger partial charge on any atom is 0.0441 e. The zero-order valence-electron chi connectivity index (χ0n) is 9.75. The zero-order valence-corrected chi connectivity index (χ0v) is 10.6. The summed E-state index contributed by atoms with van der Waals surface area (Å²) in [6.07, 6.45) is 7.64. The molecule has 1 fully saturated rings. The lowest BCUT2D eigenvalue weighted by Crippen LogP contribution is -2.40. The lowest BCUT2D eigenvalue weighted by atomic mass is 9.90. The Morgan fingerprint density at radius 1 is 1.29 bits per heavy atom. The molecule has 0 aromatic heterocycles. The average Bonchev–Trinajstić information content (AvgIpc) is 2.20. The molecule has 0 aromatic carbocycles. The Labute approximate surface area is 92.8 Å². The molecule has 1 saturated carbocycles. The fourth-order valence-corrected chi connectivity index (χ4v) is 2.94. The molecule has 1 aliphatic carbocycles. The summed E-state index contributed by atoms with van der Waals surface area (Å²) in [6.45, 7) is 3.32. The third kappa shape index (κ3) is 3.79. The van der Waals surface area contributed by atoms with Gasteiger partial charge in [-0.2, -0.15) is 0 Å². The Morgan fingerprint density at radius 3 is 2.43 bits per heavy atom. The average molecular weight is 216 g/mol. The van der Waals surface area contributed by atoms with Gasteiger partial charge in [0.1, 0.15) is 0 Å². The van der Waals surface area contributed by atoms with Gasteiger partial charge in [-0.25, -0.2) is 0 Å². The summed E-state index contributed by atoms with van der Waals surface area (Å²) in [6, 6.07) is 1.62. The molecule has 0 saturated heterocycles. The second-order valence-electron chi connectivity index (χ2n) is 4.24. The van der Waals surface area contributed by atoms with Crippen LogP contribution in [0.5, 0.6) is 0 Å². The third-order valence-corrected chi connectivity index (χ3v) is 3.81. The first-order chi connectivity index (χ1) is 6.77. The van der Waals surface area contributed by atoms with Crippen molar-refractivity contribution >= 4 is 11.8 Å². The molecule has 1 rings (SSSR count). The van der Waals surface area contributed by atoms with Gasteiger partial charge in [0.15, 0.2) is 0 Å². The molecule has 0 spiro atoms. The molecule has 0 radical (unpaired) electrons. The normalized spacial score (nSPS) is 28.3. The Hall–Kier alpha value is 0.270. The van der Waals surface area contributed by atoms with Gasteiger partial charge in [-0.3, -0.25) is 4.90 Å². The molecule has 3 heteroatoms. The van der Waals surface area contributed by atoms with Gasteiger partial charge in [-0.1, -0.05) is 6.92 Å². The minimum absolute atomic E-state index is 0.791. The lowest BCUT2D eigenvalue weighted by Gasteiger charge is -2.34. The highest BCUT2D eigenvalue weighted by molar-refractivity contribution is 7.98. The molecule has 0 atom stereocenters. The van der Waals surface area contributed by atoms with Crippen molar-refractivity contribution in [3.8, 4) is 0 Å². The predicted octanol–water partition coefficient (Wildman–Crippen LogP) is 2.16. The van der Waals surface area contributed by atoms with Gasteiger partial charge in [-0.15, -0.1) is 11.8 Å². The molecular weight excluding hydrogens is 192 g/mol. The van der Waals surface area contributed by atoms with Gasteiger partial charge in [0.25, 0.3) is 0 Å². The van der Waals surface area contributed by atoms with E-state index < -0.39 is 0 Å². The molecule has 1 N–H and O–H groups in total. The second kappa shape index (κ2) is 6.70. The number of thioether (sulfide) groups is 1. The van der Waals surface area contributed by atoms with Crippen LogP contribution in [0.1, 0.15) is 32.6 Å². The van der Waals surface area contributed by atoms with Crippen molar-refractivity contribution in [2.24, 2.45) is 0 Å². The minimum Gasteiger partial charge on any atom is -0.314 e. The van der Waals surface area contributed by atoms with E-state index in [0.717, 1.165) is 18.6 Å². The largest absolute Gasteiger partial charge is 0.314 e. The molecule has 84 valence electrons. The molecule has 0 aromatic rings. The van der Waals surface area contributed by atoms with Gasteiger partial charge >= 0.3 is 0 Å². The van der Waals surface area contributed by atoms with Crippen LogP contribution in [-0.4, -0.2) is 42.7 Å². The number of hydrogen-bond acceptors (Lipinski definition) is 3. The summed E-state index contributed by atoms with van der Waals surface area (Å²) >= 11 is 1.92. The Balaban J connectivity index is 2.21. The summed E-state index contributed by atoms with van der Waals surface area (Å²) in [4.78, 5) is 2.51. The lowest BCUT2D eigenvalue weighted by molar-refractivity contribution is 0.199. The van der Waals surface area contributed by atoms with E-state index in [1.807, 2.05) is 11.8 Å². The van der Waals surface area contributed by atoms with Gasteiger partial charge in [-0.05, 0) is 45.5 Å². The van der Waals surface area contributed by atoms with Crippen LogP contribution < -0.4 is 5.32 Å². The maximum absolute atomic E-state index is 3.55. The highest BCUT2D eigenvalue weighted by Gasteiger charge is 2.22. The zero-order chi connectivity index (χ0) is 10.4. The summed E-state index contributed by atoms with van der Waals surface area (Å²) in [7, 11) is 2.26. The van der Waals surface area contributed by atoms with Crippen LogP contribution in [0.3, 0.4) is 0 Å². The van der Waals surface area contributed by atoms with Crippen LogP contribution in [0.2, 0.25) is 0 Å². The number of rotatable bonds is 5. The monoisotopic (exact) mass is 216 g/mol. The van der Waals surface area contributed by atoms with Crippen LogP contribution in [0, 0.1) is 0 Å². The summed E-state index contributed by atoms with van der Waals surface area (Å²) in [5, 5.41) is 3.55. The molecule has 14 heavy (non-hydrogen) atoms. The first-order valence-corrected chi connectivity index (χ1v) is 7.09. The number of nitrogens with one attached hydrogen (secondary N) is 1. The molecule has 0 bridgehead atoms. The molecular formula is C11H24N2S. The van der Waals surface area contributed by atoms with Crippen LogP contribution >= 0.6 is 11.8 Å². The fraction of sp³-hybridized carbons (Fsp3) is 1.00. The standard InChI is InChI=1S/C11H24N2S/c1-4-12-10-5-7-11(8-6-10)13(2)9-14-3/h10-12H,4-9H2,1-3H3. The molecule has 1 aliphatic rings. The summed E-state index contributed by atoms with van der Waals surface area (Å²) in [5.41, 5.74) is 0. The van der Waals surface area contributed by atoms with Crippen molar-refractivity contribution in [1.82, 2.24) is 10.2 Å². The smallest absolute Gasteiger partial charge is 0.0441 e. The van der Waals surface area contributed by atoms with E-state index in [1.54, 1.807) is 0 Å². The molecule has 0 unspecified atom stereocenters. The second-order valence-corrected chi connectivity index (χ2v) is 5.07. The van der Waals surface area contributed by atoms with Crippen molar-refractivity contribution in [3.05, 3.63) is 0 Å². The number of nitrogens with zero attached hydrogens (tertiary/aromatic N) is 1. The Morgan fingerprint density at radius 2 is 1.93 bits per heavy atom. The van der Waals surface area contributed by atoms with Gasteiger partial charge in [0.2, 0.25) is 0 Å². The quantitative estimate of drug-likeness (QED) is 0.709. The van der Waals surface area contributed by atoms with E-state index in [-0.39, 0.29) is 0 Å². The van der Waals surface area contributed by atoms with Crippen molar-refractivity contribution in [2.45, 2.75) is 44.7 Å². The van der Waals surface area contributed by atoms with Gasteiger partial charge < -0.3 is 5.32 Å². The highest BCUT2D eigenvalue weighted by Crippen LogP contribution is 2.22. The van der Waals surface area contributed by atoms with E-state index >= 15 is 0 Å². The van der Waals surface area contributed by atoms with Gasteiger partial charge in [0.05, 0.1) is 0 Å². The van der Waals surface area contributed by atoms with Crippen LogP contribution in [0.25, 0.3) is 0 Å². The highest BCUT2D eigenvalue weighted by atomic mass is 32.2. The minimum atomic E-state index is 0.791. The van der Waals surface area contributed by atoms with Crippen molar-refractivity contribution in [2.75, 3.05) is 25.7 Å². The first-order valence-electron chi connectivity index (χ1n) is 5.70. The maximum atomic E-state index is 3.55. The van der Waals surface area contributed by atoms with Crippen molar-refractivity contribution in [3.63, 3.8) is 0 Å². The van der Waals surface area contributed by atoms with E-state index in [9.17, 15) is 0 Å². The topological polar surface area (TPSA) is 15.3 Å². The van der Waals surface area contributed by atoms with E-state index in [2.05, 4.69) is 30.4 Å². The van der Waals surface area contributed by atoms with Crippen LogP contribution in [0.4, 0.5) is 0 Å². The molecule has 0 aliphatic heterocycles. The van der Waals surface area contributed by atoms with E-state index in [1.165, 1.54) is 31.6 Å². The SMILES string of the molecule is CCNC1CCC(N(C)CSC)CC1. The van der Waals surface area contributed by atoms with Crippen LogP contribution in [-0.2, 0) is 0 Å². The molecule has 0 amide bonds. The number of hydrogen-bond donors (Lipinski definition) is 1. The first kappa shape index (κ1) is 12.3. The Kier molecular flexibility index (Phi) is 5.90. The van der Waals surface area contributed by atoms with E-state index in [4.69, 9.17) is 0 Å². The molecule has 2 nitrogen and oxygen atoms in total. The van der Waals surface area contributed by atoms with Crippen molar-refractivity contribution < 1.29 is 0 Å². The Bertz CT molecular complexity index is 144. The van der Waals surface area contributed by atoms with Gasteiger partial charge in [0, 0.05) is 18.0 Å². The summed E-state index contributed by atoms with van der Waals surface area (Å²) in [5.74, 6) is 1.18. The summed E-state index contributed by atoms with van der Waals surface area (Å²) < 4.78 is 0. The fourth-order valence-electron chi connectivity index (χ4n) is 2.32. The van der Waals surface area contributed by atoms with E-state index in [0.29, 0.717) is 0 Å². The molecule has 0 heterocycles. The third-order valence-electron chi connectivity index (χ3n) is 3.15.